The van der Waals surface area contributed by atoms with Gasteiger partial charge in [0.05, 0.1) is 0 Å². The number of hydrogen-bond acceptors (Lipinski definition) is 6. The van der Waals surface area contributed by atoms with E-state index >= 15 is 0 Å². The van der Waals surface area contributed by atoms with Crippen LogP contribution in [-0.2, 0) is 28.6 Å². The molecule has 0 fully saturated rings. The molecule has 0 aromatic carbocycles. The third-order valence-corrected chi connectivity index (χ3v) is 14.6. The van der Waals surface area contributed by atoms with E-state index in [0.29, 0.717) is 19.3 Å². The zero-order valence-electron chi connectivity index (χ0n) is 52.1. The Kier molecular flexibility index (Phi) is 63.7. The van der Waals surface area contributed by atoms with Crippen molar-refractivity contribution < 1.29 is 28.6 Å². The molecule has 0 saturated heterocycles. The molecule has 0 aliphatic heterocycles. The lowest BCUT2D eigenvalue weighted by molar-refractivity contribution is -0.167. The standard InChI is InChI=1S/C73H126O6/c1-4-7-10-13-16-19-22-25-28-31-34-35-36-37-38-39-40-43-45-48-51-54-57-60-63-66-72(75)78-69-70(79-73(76)67-64-61-58-55-52-49-46-42-33-30-27-24-21-18-15-12-9-6-3)68-77-71(74)65-62-59-56-53-50-47-44-41-32-29-26-23-20-17-14-11-8-5-2/h7,10,16,19,25,28,30,33-35,37-38,40,43,48,51,70H,4-6,8-9,11-15,17-18,20-24,26-27,29,31-32,36,39,41-42,44-47,49-50,52-69H2,1-3H3/b10-7-,19-16-,28-25-,33-30-,35-34-,38-37-,43-40-,51-48-. The Morgan fingerprint density at radius 1 is 0.266 bits per heavy atom. The number of ether oxygens (including phenoxy) is 3. The van der Waals surface area contributed by atoms with Gasteiger partial charge < -0.3 is 14.2 Å². The number of carbonyl (C=O) groups excluding carboxylic acids is 3. The largest absolute Gasteiger partial charge is 0.462 e. The molecule has 0 radical (unpaired) electrons. The van der Waals surface area contributed by atoms with Crippen molar-refractivity contribution in [2.24, 2.45) is 0 Å². The molecule has 1 atom stereocenters. The first-order chi connectivity index (χ1) is 39.0. The van der Waals surface area contributed by atoms with E-state index in [1.54, 1.807) is 0 Å². The van der Waals surface area contributed by atoms with Crippen LogP contribution in [0.5, 0.6) is 0 Å². The minimum Gasteiger partial charge on any atom is -0.462 e. The van der Waals surface area contributed by atoms with Crippen molar-refractivity contribution in [2.45, 2.75) is 335 Å². The maximum absolute atomic E-state index is 12.9. The second-order valence-electron chi connectivity index (χ2n) is 22.4. The molecule has 0 N–H and O–H groups in total. The van der Waals surface area contributed by atoms with E-state index in [1.165, 1.54) is 180 Å². The first-order valence-electron chi connectivity index (χ1n) is 33.7. The van der Waals surface area contributed by atoms with Crippen molar-refractivity contribution >= 4 is 17.9 Å². The van der Waals surface area contributed by atoms with E-state index in [4.69, 9.17) is 14.2 Å². The third-order valence-electron chi connectivity index (χ3n) is 14.6. The fourth-order valence-electron chi connectivity index (χ4n) is 9.54. The van der Waals surface area contributed by atoms with Crippen molar-refractivity contribution in [3.05, 3.63) is 97.2 Å². The molecule has 0 bridgehead atoms. The highest BCUT2D eigenvalue weighted by Gasteiger charge is 2.19. The zero-order valence-corrected chi connectivity index (χ0v) is 52.1. The summed E-state index contributed by atoms with van der Waals surface area (Å²) in [6.45, 7) is 6.54. The molecule has 0 aromatic heterocycles. The van der Waals surface area contributed by atoms with Gasteiger partial charge in [0.15, 0.2) is 6.10 Å². The Hall–Kier alpha value is -3.67. The van der Waals surface area contributed by atoms with Crippen LogP contribution >= 0.6 is 0 Å². The number of rotatable bonds is 61. The molecule has 0 aliphatic carbocycles. The Morgan fingerprint density at radius 2 is 0.494 bits per heavy atom. The van der Waals surface area contributed by atoms with Gasteiger partial charge in [-0.1, -0.05) is 304 Å². The quantitative estimate of drug-likeness (QED) is 0.0261. The number of hydrogen-bond donors (Lipinski definition) is 0. The molecule has 0 aromatic rings. The Bertz CT molecular complexity index is 1540. The van der Waals surface area contributed by atoms with E-state index in [-0.39, 0.29) is 31.1 Å². The highest BCUT2D eigenvalue weighted by molar-refractivity contribution is 5.71. The lowest BCUT2D eigenvalue weighted by atomic mass is 10.0. The van der Waals surface area contributed by atoms with Gasteiger partial charge in [0.1, 0.15) is 13.2 Å². The molecule has 0 aliphatic rings. The lowest BCUT2D eigenvalue weighted by Gasteiger charge is -2.18. The van der Waals surface area contributed by atoms with Crippen LogP contribution in [0.2, 0.25) is 0 Å². The van der Waals surface area contributed by atoms with Crippen LogP contribution in [0.1, 0.15) is 329 Å². The maximum atomic E-state index is 12.9. The van der Waals surface area contributed by atoms with Crippen LogP contribution in [-0.4, -0.2) is 37.2 Å². The lowest BCUT2D eigenvalue weighted by Crippen LogP contribution is -2.30. The molecule has 0 heterocycles. The summed E-state index contributed by atoms with van der Waals surface area (Å²) in [6, 6.07) is 0. The smallest absolute Gasteiger partial charge is 0.306 e. The first kappa shape index (κ1) is 75.3. The summed E-state index contributed by atoms with van der Waals surface area (Å²) in [5.41, 5.74) is 0. The predicted octanol–water partition coefficient (Wildman–Crippen LogP) is 23.2. The van der Waals surface area contributed by atoms with Crippen molar-refractivity contribution in [1.82, 2.24) is 0 Å². The van der Waals surface area contributed by atoms with E-state index in [1.807, 2.05) is 0 Å². The molecule has 0 rings (SSSR count). The number of carbonyl (C=O) groups is 3. The summed E-state index contributed by atoms with van der Waals surface area (Å²) in [7, 11) is 0. The average Bonchev–Trinajstić information content (AvgIpc) is 3.45. The molecular formula is C73H126O6. The average molecular weight is 1100 g/mol. The summed E-state index contributed by atoms with van der Waals surface area (Å²) < 4.78 is 16.9. The first-order valence-corrected chi connectivity index (χ1v) is 33.7. The van der Waals surface area contributed by atoms with Gasteiger partial charge in [-0.2, -0.15) is 0 Å². The molecule has 1 unspecified atom stereocenters. The van der Waals surface area contributed by atoms with E-state index in [2.05, 4.69) is 118 Å². The van der Waals surface area contributed by atoms with Gasteiger partial charge in [-0.3, -0.25) is 14.4 Å². The van der Waals surface area contributed by atoms with Crippen LogP contribution in [0.3, 0.4) is 0 Å². The maximum Gasteiger partial charge on any atom is 0.306 e. The topological polar surface area (TPSA) is 78.9 Å². The van der Waals surface area contributed by atoms with Gasteiger partial charge in [-0.15, -0.1) is 0 Å². The SMILES string of the molecule is CC/C=C\C/C=C\C/C=C\C/C=C\C/C=C\C/C=C\C/C=C\CCCCCC(=O)OCC(COC(=O)CCCCCCCCCCCCCCCCCCCC)OC(=O)CCCCCCCCC/C=C\CCCCCCCCC. The molecule has 0 spiro atoms. The molecule has 0 amide bonds. The normalized spacial score (nSPS) is 12.7. The van der Waals surface area contributed by atoms with Crippen LogP contribution in [0, 0.1) is 0 Å². The van der Waals surface area contributed by atoms with Crippen molar-refractivity contribution in [3.63, 3.8) is 0 Å². The van der Waals surface area contributed by atoms with Gasteiger partial charge >= 0.3 is 17.9 Å². The van der Waals surface area contributed by atoms with Crippen molar-refractivity contribution in [3.8, 4) is 0 Å². The summed E-state index contributed by atoms with van der Waals surface area (Å²) in [6.07, 6.45) is 89.9. The molecular weight excluding hydrogens is 973 g/mol. The number of esters is 3. The van der Waals surface area contributed by atoms with Crippen LogP contribution < -0.4 is 0 Å². The monoisotopic (exact) mass is 1100 g/mol. The summed E-state index contributed by atoms with van der Waals surface area (Å²) >= 11 is 0. The van der Waals surface area contributed by atoms with Gasteiger partial charge in [-0.25, -0.2) is 0 Å². The zero-order chi connectivity index (χ0) is 57.1. The molecule has 79 heavy (non-hydrogen) atoms. The highest BCUT2D eigenvalue weighted by atomic mass is 16.6. The minimum atomic E-state index is -0.795. The second-order valence-corrected chi connectivity index (χ2v) is 22.4. The van der Waals surface area contributed by atoms with Crippen molar-refractivity contribution in [2.75, 3.05) is 13.2 Å². The molecule has 6 nitrogen and oxygen atoms in total. The fourth-order valence-corrected chi connectivity index (χ4v) is 9.54. The third kappa shape index (κ3) is 65.0. The van der Waals surface area contributed by atoms with E-state index in [9.17, 15) is 14.4 Å². The van der Waals surface area contributed by atoms with Gasteiger partial charge in [0.25, 0.3) is 0 Å². The van der Waals surface area contributed by atoms with Gasteiger partial charge in [-0.05, 0) is 103 Å². The Morgan fingerprint density at radius 3 is 0.797 bits per heavy atom. The Balaban J connectivity index is 4.43. The van der Waals surface area contributed by atoms with Crippen molar-refractivity contribution in [1.29, 1.82) is 0 Å². The van der Waals surface area contributed by atoms with Crippen LogP contribution in [0.15, 0.2) is 97.2 Å². The Labute approximate surface area is 489 Å². The summed E-state index contributed by atoms with van der Waals surface area (Å²) in [5.74, 6) is -0.911. The fraction of sp³-hybridized carbons (Fsp3) is 0.740. The van der Waals surface area contributed by atoms with Gasteiger partial charge in [0.2, 0.25) is 0 Å². The summed E-state index contributed by atoms with van der Waals surface area (Å²) in [5, 5.41) is 0. The molecule has 0 saturated carbocycles. The minimum absolute atomic E-state index is 0.0872. The second kappa shape index (κ2) is 66.8. The summed E-state index contributed by atoms with van der Waals surface area (Å²) in [4.78, 5) is 38.4. The predicted molar refractivity (Wildman–Crippen MR) is 344 cm³/mol. The van der Waals surface area contributed by atoms with Crippen LogP contribution in [0.25, 0.3) is 0 Å². The van der Waals surface area contributed by atoms with Crippen LogP contribution in [0.4, 0.5) is 0 Å². The van der Waals surface area contributed by atoms with E-state index < -0.39 is 6.10 Å². The van der Waals surface area contributed by atoms with Gasteiger partial charge in [0, 0.05) is 19.3 Å². The number of allylic oxidation sites excluding steroid dienone is 16. The van der Waals surface area contributed by atoms with E-state index in [0.717, 1.165) is 109 Å². The molecule has 454 valence electrons. The highest BCUT2D eigenvalue weighted by Crippen LogP contribution is 2.17. The number of unbranched alkanes of at least 4 members (excludes halogenated alkanes) is 34. The molecule has 6 heteroatoms.